The van der Waals surface area contributed by atoms with Crippen LogP contribution in [0, 0.1) is 6.92 Å². The minimum atomic E-state index is 0.745. The normalized spacial score (nSPS) is 7.91. The molecule has 0 aliphatic rings. The molecular formula is C9H13NO. The van der Waals surface area contributed by atoms with Crippen LogP contribution in [0.5, 0.6) is 0 Å². The number of hydrogen-bond donors (Lipinski definition) is 1. The lowest BCUT2D eigenvalue weighted by molar-refractivity contribution is 0.112. The lowest BCUT2D eigenvalue weighted by Crippen LogP contribution is -1.78. The predicted molar refractivity (Wildman–Crippen MR) is 46.7 cm³/mol. The maximum Gasteiger partial charge on any atom is 0.150 e. The summed E-state index contributed by atoms with van der Waals surface area (Å²) in [5.41, 5.74) is 6.37. The third kappa shape index (κ3) is 3.53. The summed E-state index contributed by atoms with van der Waals surface area (Å²) in [6, 6.07) is 7.49. The Bertz CT molecular complexity index is 221. The van der Waals surface area contributed by atoms with Gasteiger partial charge in [-0.2, -0.15) is 0 Å². The Morgan fingerprint density at radius 2 is 2.00 bits per heavy atom. The van der Waals surface area contributed by atoms with Crippen LogP contribution in [-0.4, -0.2) is 13.3 Å². The highest BCUT2D eigenvalue weighted by molar-refractivity contribution is 5.74. The van der Waals surface area contributed by atoms with Crippen LogP contribution < -0.4 is 5.73 Å². The molecule has 1 rings (SSSR count). The first-order valence-corrected chi connectivity index (χ1v) is 3.42. The summed E-state index contributed by atoms with van der Waals surface area (Å²) in [4.78, 5) is 10.2. The first kappa shape index (κ1) is 9.85. The minimum absolute atomic E-state index is 0.745. The van der Waals surface area contributed by atoms with Gasteiger partial charge in [0.1, 0.15) is 6.29 Å². The Kier molecular flexibility index (Phi) is 5.03. The molecule has 2 N–H and O–H groups in total. The van der Waals surface area contributed by atoms with Crippen LogP contribution in [0.15, 0.2) is 24.3 Å². The molecule has 0 aliphatic heterocycles. The molecule has 0 fully saturated rings. The third-order valence-electron chi connectivity index (χ3n) is 1.18. The molecule has 0 aromatic heterocycles. The van der Waals surface area contributed by atoms with Crippen molar-refractivity contribution in [2.45, 2.75) is 6.92 Å². The van der Waals surface area contributed by atoms with E-state index >= 15 is 0 Å². The van der Waals surface area contributed by atoms with E-state index in [1.165, 1.54) is 7.05 Å². The fraction of sp³-hybridized carbons (Fsp3) is 0.222. The van der Waals surface area contributed by atoms with E-state index in [4.69, 9.17) is 0 Å². The fourth-order valence-corrected chi connectivity index (χ4v) is 0.743. The lowest BCUT2D eigenvalue weighted by atomic mass is 10.2. The van der Waals surface area contributed by atoms with Crippen molar-refractivity contribution in [2.75, 3.05) is 7.05 Å². The molecule has 60 valence electrons. The van der Waals surface area contributed by atoms with Gasteiger partial charge in [0.15, 0.2) is 0 Å². The minimum Gasteiger partial charge on any atom is -0.333 e. The van der Waals surface area contributed by atoms with Gasteiger partial charge in [0.2, 0.25) is 0 Å². The maximum atomic E-state index is 10.2. The van der Waals surface area contributed by atoms with E-state index in [9.17, 15) is 4.79 Å². The molecule has 0 aliphatic carbocycles. The van der Waals surface area contributed by atoms with Gasteiger partial charge in [0.05, 0.1) is 0 Å². The molecule has 0 amide bonds. The number of aryl methyl sites for hydroxylation is 1. The first-order valence-electron chi connectivity index (χ1n) is 3.42. The van der Waals surface area contributed by atoms with Crippen LogP contribution >= 0.6 is 0 Å². The average Bonchev–Trinajstić information content (AvgIpc) is 2.08. The van der Waals surface area contributed by atoms with E-state index < -0.39 is 0 Å². The summed E-state index contributed by atoms with van der Waals surface area (Å²) >= 11 is 0. The van der Waals surface area contributed by atoms with E-state index in [0.717, 1.165) is 17.4 Å². The lowest BCUT2D eigenvalue weighted by Gasteiger charge is -1.89. The number of carbonyl (C=O) groups excluding carboxylic acids is 1. The molecule has 2 heteroatoms. The van der Waals surface area contributed by atoms with Gasteiger partial charge in [-0.1, -0.05) is 23.8 Å². The molecule has 2 nitrogen and oxygen atoms in total. The fourth-order valence-electron chi connectivity index (χ4n) is 0.743. The number of carbonyl (C=O) groups is 1. The highest BCUT2D eigenvalue weighted by atomic mass is 16.1. The molecular weight excluding hydrogens is 138 g/mol. The van der Waals surface area contributed by atoms with Crippen molar-refractivity contribution in [1.82, 2.24) is 0 Å². The summed E-state index contributed by atoms with van der Waals surface area (Å²) in [6.45, 7) is 1.97. The Labute approximate surface area is 67.0 Å². The van der Waals surface area contributed by atoms with Gasteiger partial charge in [-0.25, -0.2) is 0 Å². The molecule has 0 bridgehead atoms. The molecule has 1 aromatic rings. The highest BCUT2D eigenvalue weighted by Gasteiger charge is 1.86. The quantitative estimate of drug-likeness (QED) is 0.616. The van der Waals surface area contributed by atoms with Crippen molar-refractivity contribution in [3.8, 4) is 0 Å². The topological polar surface area (TPSA) is 43.1 Å². The van der Waals surface area contributed by atoms with Crippen molar-refractivity contribution in [3.63, 3.8) is 0 Å². The van der Waals surface area contributed by atoms with Crippen molar-refractivity contribution in [3.05, 3.63) is 35.4 Å². The number of aldehydes is 1. The Morgan fingerprint density at radius 3 is 2.36 bits per heavy atom. The van der Waals surface area contributed by atoms with Gasteiger partial charge >= 0.3 is 0 Å². The zero-order valence-electron chi connectivity index (χ0n) is 6.87. The second-order valence-electron chi connectivity index (χ2n) is 2.03. The van der Waals surface area contributed by atoms with E-state index in [-0.39, 0.29) is 0 Å². The summed E-state index contributed by atoms with van der Waals surface area (Å²) in [7, 11) is 1.50. The van der Waals surface area contributed by atoms with Crippen LogP contribution in [0.25, 0.3) is 0 Å². The van der Waals surface area contributed by atoms with E-state index in [2.05, 4.69) is 5.73 Å². The summed E-state index contributed by atoms with van der Waals surface area (Å²) < 4.78 is 0. The van der Waals surface area contributed by atoms with Crippen molar-refractivity contribution in [2.24, 2.45) is 5.73 Å². The van der Waals surface area contributed by atoms with E-state index in [0.29, 0.717) is 0 Å². The second-order valence-corrected chi connectivity index (χ2v) is 2.03. The predicted octanol–water partition coefficient (Wildman–Crippen LogP) is 1.38. The van der Waals surface area contributed by atoms with Gasteiger partial charge in [0.25, 0.3) is 0 Å². The standard InChI is InChI=1S/C8H8O.CH5N/c1-7-3-2-4-8(5-7)6-9;1-2/h2-6H,1H3;2H2,1H3. The van der Waals surface area contributed by atoms with Crippen LogP contribution in [0.3, 0.4) is 0 Å². The Morgan fingerprint density at radius 1 is 1.36 bits per heavy atom. The van der Waals surface area contributed by atoms with E-state index in [1.807, 2.05) is 25.1 Å². The first-order chi connectivity index (χ1) is 5.33. The van der Waals surface area contributed by atoms with Crippen molar-refractivity contribution >= 4 is 6.29 Å². The maximum absolute atomic E-state index is 10.2. The van der Waals surface area contributed by atoms with Gasteiger partial charge < -0.3 is 5.73 Å². The molecule has 0 atom stereocenters. The van der Waals surface area contributed by atoms with Crippen LogP contribution in [0.1, 0.15) is 15.9 Å². The smallest absolute Gasteiger partial charge is 0.150 e. The number of rotatable bonds is 1. The third-order valence-corrected chi connectivity index (χ3v) is 1.18. The molecule has 0 radical (unpaired) electrons. The molecule has 0 heterocycles. The van der Waals surface area contributed by atoms with Crippen molar-refractivity contribution < 1.29 is 4.79 Å². The summed E-state index contributed by atoms with van der Waals surface area (Å²) in [5, 5.41) is 0. The van der Waals surface area contributed by atoms with Crippen LogP contribution in [0.4, 0.5) is 0 Å². The SMILES string of the molecule is CN.Cc1cccc(C=O)c1. The largest absolute Gasteiger partial charge is 0.333 e. The molecule has 1 aromatic carbocycles. The molecule has 0 saturated carbocycles. The second kappa shape index (κ2) is 5.62. The van der Waals surface area contributed by atoms with Gasteiger partial charge in [0, 0.05) is 5.56 Å². The van der Waals surface area contributed by atoms with Crippen LogP contribution in [0.2, 0.25) is 0 Å². The molecule has 0 spiro atoms. The number of nitrogens with two attached hydrogens (primary N) is 1. The monoisotopic (exact) mass is 151 g/mol. The zero-order chi connectivity index (χ0) is 8.69. The Hall–Kier alpha value is -1.15. The summed E-state index contributed by atoms with van der Waals surface area (Å²) in [6.07, 6.45) is 0.854. The van der Waals surface area contributed by atoms with Gasteiger partial charge in [-0.3, -0.25) is 4.79 Å². The van der Waals surface area contributed by atoms with Crippen LogP contribution in [-0.2, 0) is 0 Å². The number of benzene rings is 1. The summed E-state index contributed by atoms with van der Waals surface area (Å²) in [5.74, 6) is 0. The molecule has 0 unspecified atom stereocenters. The van der Waals surface area contributed by atoms with Gasteiger partial charge in [-0.15, -0.1) is 0 Å². The zero-order valence-corrected chi connectivity index (χ0v) is 6.87. The molecule has 0 saturated heterocycles. The number of hydrogen-bond acceptors (Lipinski definition) is 2. The van der Waals surface area contributed by atoms with Gasteiger partial charge in [-0.05, 0) is 20.0 Å². The van der Waals surface area contributed by atoms with E-state index in [1.54, 1.807) is 6.07 Å². The highest BCUT2D eigenvalue weighted by Crippen LogP contribution is 1.99. The molecule has 11 heavy (non-hydrogen) atoms. The average molecular weight is 151 g/mol. The Balaban J connectivity index is 0.000000461. The van der Waals surface area contributed by atoms with Crippen molar-refractivity contribution in [1.29, 1.82) is 0 Å².